The van der Waals surface area contributed by atoms with Crippen LogP contribution in [0.4, 0.5) is 0 Å². The van der Waals surface area contributed by atoms with E-state index in [2.05, 4.69) is 24.3 Å². The minimum absolute atomic E-state index is 0.427. The number of ether oxygens (including phenoxy) is 1. The summed E-state index contributed by atoms with van der Waals surface area (Å²) in [5, 5.41) is 9.52. The van der Waals surface area contributed by atoms with Crippen molar-refractivity contribution >= 4 is 0 Å². The van der Waals surface area contributed by atoms with E-state index in [1.54, 1.807) is 6.92 Å². The standard InChI is InChI=1S/C19H22O2/c1-14(20)15-9-11-18(12-10-15)21-13-17-7-4-6-16-5-2-3-8-19(16)17/h2-3,5,8-12,14,17,20H,4,6-7,13H2,1H3/t14-,17?/m1/s1. The molecule has 0 radical (unpaired) electrons. The van der Waals surface area contributed by atoms with E-state index in [9.17, 15) is 5.11 Å². The van der Waals surface area contributed by atoms with E-state index in [1.165, 1.54) is 30.4 Å². The fraction of sp³-hybridized carbons (Fsp3) is 0.368. The number of hydrogen-bond donors (Lipinski definition) is 1. The molecule has 0 aliphatic heterocycles. The number of aliphatic hydroxyl groups excluding tert-OH is 1. The highest BCUT2D eigenvalue weighted by Crippen LogP contribution is 2.32. The van der Waals surface area contributed by atoms with Crippen LogP contribution in [0.25, 0.3) is 0 Å². The van der Waals surface area contributed by atoms with Gasteiger partial charge < -0.3 is 9.84 Å². The van der Waals surface area contributed by atoms with Gasteiger partial charge in [0, 0.05) is 5.92 Å². The summed E-state index contributed by atoms with van der Waals surface area (Å²) in [7, 11) is 0. The average Bonchev–Trinajstić information content (AvgIpc) is 2.53. The normalized spacial score (nSPS) is 18.9. The molecule has 0 saturated carbocycles. The molecule has 1 aliphatic carbocycles. The summed E-state index contributed by atoms with van der Waals surface area (Å²) in [5.74, 6) is 1.37. The predicted octanol–water partition coefficient (Wildman–Crippen LogP) is 4.24. The van der Waals surface area contributed by atoms with Crippen LogP contribution < -0.4 is 4.74 Å². The number of aliphatic hydroxyl groups is 1. The molecule has 2 heteroatoms. The Bertz CT molecular complexity index is 587. The Kier molecular flexibility index (Phi) is 4.26. The molecule has 110 valence electrons. The SMILES string of the molecule is C[C@@H](O)c1ccc(OCC2CCCc3ccccc32)cc1. The number of rotatable bonds is 4. The van der Waals surface area contributed by atoms with Crippen LogP contribution in [0, 0.1) is 0 Å². The molecule has 0 saturated heterocycles. The monoisotopic (exact) mass is 282 g/mol. The Morgan fingerprint density at radius 2 is 1.90 bits per heavy atom. The van der Waals surface area contributed by atoms with Gasteiger partial charge in [0.15, 0.2) is 0 Å². The molecule has 0 aromatic heterocycles. The average molecular weight is 282 g/mol. The highest BCUT2D eigenvalue weighted by Gasteiger charge is 2.20. The van der Waals surface area contributed by atoms with Crippen LogP contribution in [0.5, 0.6) is 5.75 Å². The maximum Gasteiger partial charge on any atom is 0.119 e. The van der Waals surface area contributed by atoms with Crippen molar-refractivity contribution in [3.8, 4) is 5.75 Å². The second-order valence-corrected chi connectivity index (χ2v) is 5.84. The summed E-state index contributed by atoms with van der Waals surface area (Å²) in [6.45, 7) is 2.50. The molecule has 0 amide bonds. The van der Waals surface area contributed by atoms with Crippen LogP contribution in [0.2, 0.25) is 0 Å². The Morgan fingerprint density at radius 3 is 2.67 bits per heavy atom. The highest BCUT2D eigenvalue weighted by atomic mass is 16.5. The fourth-order valence-corrected chi connectivity index (χ4v) is 3.07. The maximum absolute atomic E-state index is 9.52. The van der Waals surface area contributed by atoms with E-state index in [-0.39, 0.29) is 0 Å². The zero-order valence-corrected chi connectivity index (χ0v) is 12.5. The second-order valence-electron chi connectivity index (χ2n) is 5.84. The molecule has 2 atom stereocenters. The lowest BCUT2D eigenvalue weighted by Gasteiger charge is -2.25. The first kappa shape index (κ1) is 14.2. The number of aryl methyl sites for hydroxylation is 1. The van der Waals surface area contributed by atoms with Crippen molar-refractivity contribution in [2.45, 2.75) is 38.2 Å². The molecule has 0 fully saturated rings. The molecule has 0 bridgehead atoms. The quantitative estimate of drug-likeness (QED) is 0.909. The number of hydrogen-bond acceptors (Lipinski definition) is 2. The third-order valence-electron chi connectivity index (χ3n) is 4.31. The second kappa shape index (κ2) is 6.31. The highest BCUT2D eigenvalue weighted by molar-refractivity contribution is 5.33. The van der Waals surface area contributed by atoms with Crippen LogP contribution in [0.1, 0.15) is 48.5 Å². The van der Waals surface area contributed by atoms with Crippen LogP contribution in [0.15, 0.2) is 48.5 Å². The van der Waals surface area contributed by atoms with Crippen molar-refractivity contribution in [3.63, 3.8) is 0 Å². The third kappa shape index (κ3) is 3.27. The van der Waals surface area contributed by atoms with Crippen LogP contribution in [-0.4, -0.2) is 11.7 Å². The lowest BCUT2D eigenvalue weighted by molar-refractivity contribution is 0.199. The van der Waals surface area contributed by atoms with Crippen molar-refractivity contribution in [1.82, 2.24) is 0 Å². The first-order valence-corrected chi connectivity index (χ1v) is 7.72. The molecule has 1 aliphatic rings. The fourth-order valence-electron chi connectivity index (χ4n) is 3.07. The Hall–Kier alpha value is -1.80. The topological polar surface area (TPSA) is 29.5 Å². The Labute approximate surface area is 126 Å². The van der Waals surface area contributed by atoms with E-state index in [0.717, 1.165) is 17.9 Å². The summed E-state index contributed by atoms with van der Waals surface area (Å²) >= 11 is 0. The molecule has 0 heterocycles. The van der Waals surface area contributed by atoms with E-state index >= 15 is 0 Å². The zero-order valence-electron chi connectivity index (χ0n) is 12.5. The lowest BCUT2D eigenvalue weighted by Crippen LogP contribution is -2.16. The van der Waals surface area contributed by atoms with Gasteiger partial charge in [0.2, 0.25) is 0 Å². The minimum Gasteiger partial charge on any atom is -0.493 e. The first-order valence-electron chi connectivity index (χ1n) is 7.72. The van der Waals surface area contributed by atoms with Gasteiger partial charge in [-0.2, -0.15) is 0 Å². The van der Waals surface area contributed by atoms with Gasteiger partial charge in [-0.3, -0.25) is 0 Å². The van der Waals surface area contributed by atoms with Gasteiger partial charge in [-0.1, -0.05) is 36.4 Å². The van der Waals surface area contributed by atoms with E-state index in [4.69, 9.17) is 4.74 Å². The summed E-state index contributed by atoms with van der Waals surface area (Å²) < 4.78 is 5.96. The van der Waals surface area contributed by atoms with Crippen molar-refractivity contribution in [3.05, 3.63) is 65.2 Å². The molecule has 2 aromatic rings. The lowest BCUT2D eigenvalue weighted by atomic mass is 9.83. The molecule has 2 nitrogen and oxygen atoms in total. The summed E-state index contributed by atoms with van der Waals surface area (Å²) in [6, 6.07) is 16.4. The van der Waals surface area contributed by atoms with Gasteiger partial charge in [0.05, 0.1) is 12.7 Å². The predicted molar refractivity (Wildman–Crippen MR) is 84.7 cm³/mol. The number of fused-ring (bicyclic) bond motifs is 1. The smallest absolute Gasteiger partial charge is 0.119 e. The van der Waals surface area contributed by atoms with Gasteiger partial charge in [-0.15, -0.1) is 0 Å². The Balaban J connectivity index is 1.66. The number of benzene rings is 2. The van der Waals surface area contributed by atoms with Crippen molar-refractivity contribution in [1.29, 1.82) is 0 Å². The minimum atomic E-state index is -0.427. The third-order valence-corrected chi connectivity index (χ3v) is 4.31. The van der Waals surface area contributed by atoms with Crippen molar-refractivity contribution in [2.75, 3.05) is 6.61 Å². The molecule has 21 heavy (non-hydrogen) atoms. The van der Waals surface area contributed by atoms with Crippen molar-refractivity contribution in [2.24, 2.45) is 0 Å². The molecule has 1 unspecified atom stereocenters. The van der Waals surface area contributed by atoms with Crippen LogP contribution >= 0.6 is 0 Å². The van der Waals surface area contributed by atoms with Gasteiger partial charge in [0.1, 0.15) is 5.75 Å². The van der Waals surface area contributed by atoms with Gasteiger partial charge in [0.25, 0.3) is 0 Å². The molecule has 3 rings (SSSR count). The molecule has 0 spiro atoms. The summed E-state index contributed by atoms with van der Waals surface area (Å²) in [6.07, 6.45) is 3.20. The van der Waals surface area contributed by atoms with E-state index in [0.29, 0.717) is 5.92 Å². The van der Waals surface area contributed by atoms with Gasteiger partial charge in [-0.05, 0) is 55.0 Å². The van der Waals surface area contributed by atoms with Gasteiger partial charge in [-0.25, -0.2) is 0 Å². The molecule has 2 aromatic carbocycles. The van der Waals surface area contributed by atoms with Crippen LogP contribution in [0.3, 0.4) is 0 Å². The Morgan fingerprint density at radius 1 is 1.14 bits per heavy atom. The molecular weight excluding hydrogens is 260 g/mol. The van der Waals surface area contributed by atoms with E-state index < -0.39 is 6.10 Å². The van der Waals surface area contributed by atoms with Gasteiger partial charge >= 0.3 is 0 Å². The van der Waals surface area contributed by atoms with Crippen LogP contribution in [-0.2, 0) is 6.42 Å². The first-order chi connectivity index (χ1) is 10.2. The zero-order chi connectivity index (χ0) is 14.7. The van der Waals surface area contributed by atoms with Crippen molar-refractivity contribution < 1.29 is 9.84 Å². The molecular formula is C19H22O2. The van der Waals surface area contributed by atoms with E-state index in [1.807, 2.05) is 24.3 Å². The summed E-state index contributed by atoms with van der Waals surface area (Å²) in [4.78, 5) is 0. The summed E-state index contributed by atoms with van der Waals surface area (Å²) in [5.41, 5.74) is 3.84. The largest absolute Gasteiger partial charge is 0.493 e. The maximum atomic E-state index is 9.52. The molecule has 1 N–H and O–H groups in total.